The third kappa shape index (κ3) is 4.76. The summed E-state index contributed by atoms with van der Waals surface area (Å²) in [5.41, 5.74) is 2.56. The molecule has 0 atom stereocenters. The number of ether oxygens (including phenoxy) is 1. The van der Waals surface area contributed by atoms with Crippen molar-refractivity contribution in [2.24, 2.45) is 0 Å². The van der Waals surface area contributed by atoms with Gasteiger partial charge < -0.3 is 15.2 Å². The van der Waals surface area contributed by atoms with Crippen LogP contribution in [-0.2, 0) is 13.2 Å². The van der Waals surface area contributed by atoms with Crippen LogP contribution in [0, 0.1) is 0 Å². The van der Waals surface area contributed by atoms with Crippen LogP contribution in [0.3, 0.4) is 0 Å². The van der Waals surface area contributed by atoms with Crippen LogP contribution in [0.5, 0.6) is 5.75 Å². The Morgan fingerprint density at radius 1 is 0.903 bits per heavy atom. The second kappa shape index (κ2) is 9.29. The first-order valence-electron chi connectivity index (χ1n) is 9.66. The van der Waals surface area contributed by atoms with Crippen LogP contribution in [-0.4, -0.2) is 11.1 Å². The fourth-order valence-electron chi connectivity index (χ4n) is 3.38. The van der Waals surface area contributed by atoms with Crippen LogP contribution in [0.1, 0.15) is 21.5 Å². The standard InChI is InChI=1S/C25H19Cl2NO3/c26-21-8-4-2-6-18(21)15-31-24-12-10-16-5-1-3-7-19(16)20(24)14-28-23-13-17(25(29)30)9-11-22(23)27/h1-13,28H,14-15H2,(H,29,30). The van der Waals surface area contributed by atoms with Gasteiger partial charge in [0.2, 0.25) is 0 Å². The lowest BCUT2D eigenvalue weighted by Gasteiger charge is -2.17. The van der Waals surface area contributed by atoms with Crippen molar-refractivity contribution in [2.75, 3.05) is 5.32 Å². The number of rotatable bonds is 7. The van der Waals surface area contributed by atoms with E-state index in [4.69, 9.17) is 27.9 Å². The molecule has 0 aromatic heterocycles. The average molecular weight is 452 g/mol. The molecule has 4 rings (SSSR count). The quantitative estimate of drug-likeness (QED) is 0.316. The zero-order valence-corrected chi connectivity index (χ0v) is 18.0. The Bertz CT molecular complexity index is 1260. The molecule has 31 heavy (non-hydrogen) atoms. The lowest BCUT2D eigenvalue weighted by molar-refractivity contribution is 0.0697. The third-order valence-electron chi connectivity index (χ3n) is 5.01. The van der Waals surface area contributed by atoms with Crippen molar-refractivity contribution in [3.8, 4) is 5.75 Å². The largest absolute Gasteiger partial charge is 0.488 e. The van der Waals surface area contributed by atoms with Crippen molar-refractivity contribution < 1.29 is 14.6 Å². The lowest BCUT2D eigenvalue weighted by Crippen LogP contribution is -2.06. The van der Waals surface area contributed by atoms with Crippen LogP contribution in [0.15, 0.2) is 78.9 Å². The maximum absolute atomic E-state index is 11.3. The number of hydrogen-bond acceptors (Lipinski definition) is 3. The highest BCUT2D eigenvalue weighted by Gasteiger charge is 2.12. The molecule has 4 aromatic rings. The molecular formula is C25H19Cl2NO3. The molecular weight excluding hydrogens is 433 g/mol. The van der Waals surface area contributed by atoms with Crippen LogP contribution in [0.4, 0.5) is 5.69 Å². The first kappa shape index (κ1) is 21.0. The number of halogens is 2. The molecule has 0 unspecified atom stereocenters. The molecule has 0 aliphatic carbocycles. The number of hydrogen-bond donors (Lipinski definition) is 2. The van der Waals surface area contributed by atoms with Crippen molar-refractivity contribution >= 4 is 45.6 Å². The Balaban J connectivity index is 1.65. The normalized spacial score (nSPS) is 10.8. The van der Waals surface area contributed by atoms with Gasteiger partial charge in [0.05, 0.1) is 16.3 Å². The first-order valence-corrected chi connectivity index (χ1v) is 10.4. The number of nitrogens with one attached hydrogen (secondary N) is 1. The molecule has 0 aliphatic heterocycles. The van der Waals surface area contributed by atoms with E-state index in [1.54, 1.807) is 6.07 Å². The summed E-state index contributed by atoms with van der Waals surface area (Å²) < 4.78 is 6.14. The van der Waals surface area contributed by atoms with Gasteiger partial charge in [-0.3, -0.25) is 0 Å². The Morgan fingerprint density at radius 3 is 2.48 bits per heavy atom. The monoisotopic (exact) mass is 451 g/mol. The highest BCUT2D eigenvalue weighted by Crippen LogP contribution is 2.31. The minimum Gasteiger partial charge on any atom is -0.488 e. The van der Waals surface area contributed by atoms with E-state index in [-0.39, 0.29) is 5.56 Å². The summed E-state index contributed by atoms with van der Waals surface area (Å²) in [5, 5.41) is 15.8. The minimum atomic E-state index is -1.01. The Labute approximate surface area is 190 Å². The van der Waals surface area contributed by atoms with E-state index in [0.717, 1.165) is 27.6 Å². The molecule has 0 bridgehead atoms. The highest BCUT2D eigenvalue weighted by molar-refractivity contribution is 6.33. The number of anilines is 1. The zero-order chi connectivity index (χ0) is 21.8. The van der Waals surface area contributed by atoms with Crippen molar-refractivity contribution in [3.63, 3.8) is 0 Å². The molecule has 2 N–H and O–H groups in total. The molecule has 0 fully saturated rings. The van der Waals surface area contributed by atoms with Gasteiger partial charge in [0, 0.05) is 22.7 Å². The van der Waals surface area contributed by atoms with E-state index in [9.17, 15) is 9.90 Å². The van der Waals surface area contributed by atoms with Crippen LogP contribution in [0.2, 0.25) is 10.0 Å². The molecule has 6 heteroatoms. The molecule has 0 radical (unpaired) electrons. The fourth-order valence-corrected chi connectivity index (χ4v) is 3.76. The van der Waals surface area contributed by atoms with Gasteiger partial charge in [0.15, 0.2) is 0 Å². The Hall–Kier alpha value is -3.21. The second-order valence-electron chi connectivity index (χ2n) is 7.00. The van der Waals surface area contributed by atoms with E-state index in [2.05, 4.69) is 5.32 Å². The second-order valence-corrected chi connectivity index (χ2v) is 7.81. The van der Waals surface area contributed by atoms with Crippen molar-refractivity contribution in [3.05, 3.63) is 106 Å². The molecule has 0 heterocycles. The average Bonchev–Trinajstić information content (AvgIpc) is 2.78. The maximum atomic E-state index is 11.3. The summed E-state index contributed by atoms with van der Waals surface area (Å²) in [4.78, 5) is 11.3. The number of fused-ring (bicyclic) bond motifs is 1. The summed E-state index contributed by atoms with van der Waals surface area (Å²) in [6.45, 7) is 0.738. The summed E-state index contributed by atoms with van der Waals surface area (Å²) in [6, 6.07) is 24.1. The van der Waals surface area contributed by atoms with Crippen molar-refractivity contribution in [2.45, 2.75) is 13.2 Å². The van der Waals surface area contributed by atoms with Crippen LogP contribution in [0.25, 0.3) is 10.8 Å². The van der Waals surface area contributed by atoms with Crippen molar-refractivity contribution in [1.29, 1.82) is 0 Å². The predicted octanol–water partition coefficient (Wildman–Crippen LogP) is 7.04. The van der Waals surface area contributed by atoms with Gasteiger partial charge >= 0.3 is 5.97 Å². The molecule has 156 valence electrons. The Morgan fingerprint density at radius 2 is 1.68 bits per heavy atom. The maximum Gasteiger partial charge on any atom is 0.335 e. The van der Waals surface area contributed by atoms with Gasteiger partial charge in [0.25, 0.3) is 0 Å². The summed E-state index contributed by atoms with van der Waals surface area (Å²) >= 11 is 12.6. The summed E-state index contributed by atoms with van der Waals surface area (Å²) in [7, 11) is 0. The lowest BCUT2D eigenvalue weighted by atomic mass is 10.0. The molecule has 0 amide bonds. The van der Waals surface area contributed by atoms with E-state index in [1.807, 2.05) is 60.7 Å². The van der Waals surface area contributed by atoms with Gasteiger partial charge in [0.1, 0.15) is 12.4 Å². The number of aromatic carboxylic acids is 1. The predicted molar refractivity (Wildman–Crippen MR) is 125 cm³/mol. The number of benzene rings is 4. The molecule has 0 spiro atoms. The van der Waals surface area contributed by atoms with E-state index in [1.165, 1.54) is 12.1 Å². The Kier molecular flexibility index (Phi) is 6.31. The smallest absolute Gasteiger partial charge is 0.335 e. The number of carbonyl (C=O) groups is 1. The number of carboxylic acids is 1. The molecule has 4 nitrogen and oxygen atoms in total. The van der Waals surface area contributed by atoms with Gasteiger partial charge in [-0.2, -0.15) is 0 Å². The summed E-state index contributed by atoms with van der Waals surface area (Å²) in [5.74, 6) is -0.287. The molecule has 4 aromatic carbocycles. The first-order chi connectivity index (χ1) is 15.0. The fraction of sp³-hybridized carbons (Fsp3) is 0.0800. The zero-order valence-electron chi connectivity index (χ0n) is 16.4. The SMILES string of the molecule is O=C(O)c1ccc(Cl)c(NCc2c(OCc3ccccc3Cl)ccc3ccccc23)c1. The topological polar surface area (TPSA) is 58.6 Å². The van der Waals surface area contributed by atoms with E-state index < -0.39 is 5.97 Å². The molecule has 0 saturated carbocycles. The number of carboxylic acid groups (broad SMARTS) is 1. The van der Waals surface area contributed by atoms with Gasteiger partial charge in [-0.25, -0.2) is 4.79 Å². The van der Waals surface area contributed by atoms with E-state index in [0.29, 0.717) is 28.9 Å². The summed E-state index contributed by atoms with van der Waals surface area (Å²) in [6.07, 6.45) is 0. The van der Waals surface area contributed by atoms with Gasteiger partial charge in [-0.1, -0.05) is 71.7 Å². The van der Waals surface area contributed by atoms with Gasteiger partial charge in [-0.15, -0.1) is 0 Å². The van der Waals surface area contributed by atoms with Gasteiger partial charge in [-0.05, 0) is 41.1 Å². The van der Waals surface area contributed by atoms with Crippen molar-refractivity contribution in [1.82, 2.24) is 0 Å². The third-order valence-corrected chi connectivity index (χ3v) is 5.71. The van der Waals surface area contributed by atoms with Crippen LogP contribution < -0.4 is 10.1 Å². The highest BCUT2D eigenvalue weighted by atomic mass is 35.5. The van der Waals surface area contributed by atoms with E-state index >= 15 is 0 Å². The van der Waals surface area contributed by atoms with Crippen LogP contribution >= 0.6 is 23.2 Å². The minimum absolute atomic E-state index is 0.167. The molecule has 0 aliphatic rings. The molecule has 0 saturated heterocycles.